The lowest BCUT2D eigenvalue weighted by Crippen LogP contribution is -2.46. The van der Waals surface area contributed by atoms with E-state index in [1.54, 1.807) is 48.5 Å². The van der Waals surface area contributed by atoms with Gasteiger partial charge in [-0.3, -0.25) is 19.9 Å². The molecule has 0 fully saturated rings. The normalized spacial score (nSPS) is 15.7. The SMILES string of the molecule is COc1ccc(-n2nc(C(F)(F)F)c3c2C(=O)N(c2ccc(N4CCCN=C4NC(C)=O)cc2)CC3)cc1. The number of anilines is 2. The minimum Gasteiger partial charge on any atom is -0.497 e. The maximum Gasteiger partial charge on any atom is 0.435 e. The number of alkyl halides is 3. The zero-order valence-electron chi connectivity index (χ0n) is 20.7. The van der Waals surface area contributed by atoms with Gasteiger partial charge in [-0.05, 0) is 61.4 Å². The number of amides is 2. The van der Waals surface area contributed by atoms with Crippen LogP contribution in [-0.2, 0) is 17.4 Å². The first kappa shape index (κ1) is 25.3. The van der Waals surface area contributed by atoms with Crippen molar-refractivity contribution in [2.45, 2.75) is 25.9 Å². The van der Waals surface area contributed by atoms with Crippen LogP contribution < -0.4 is 19.9 Å². The topological polar surface area (TPSA) is 92.1 Å². The summed E-state index contributed by atoms with van der Waals surface area (Å²) in [5.74, 6) is 0.183. The van der Waals surface area contributed by atoms with Crippen molar-refractivity contribution in [1.82, 2.24) is 15.1 Å². The molecule has 198 valence electrons. The first-order valence-corrected chi connectivity index (χ1v) is 12.0. The van der Waals surface area contributed by atoms with E-state index in [-0.39, 0.29) is 30.1 Å². The number of benzene rings is 2. The first-order valence-electron chi connectivity index (χ1n) is 12.0. The average Bonchev–Trinajstić information content (AvgIpc) is 3.31. The van der Waals surface area contributed by atoms with Crippen LogP contribution in [0, 0.1) is 0 Å². The highest BCUT2D eigenvalue weighted by Gasteiger charge is 2.43. The number of aromatic nitrogens is 2. The van der Waals surface area contributed by atoms with Gasteiger partial charge in [0.1, 0.15) is 11.4 Å². The van der Waals surface area contributed by atoms with E-state index in [2.05, 4.69) is 15.4 Å². The number of fused-ring (bicyclic) bond motifs is 1. The summed E-state index contributed by atoms with van der Waals surface area (Å²) in [5, 5.41) is 6.56. The van der Waals surface area contributed by atoms with Crippen molar-refractivity contribution >= 4 is 29.1 Å². The van der Waals surface area contributed by atoms with Crippen molar-refractivity contribution in [3.8, 4) is 11.4 Å². The first-order chi connectivity index (χ1) is 18.2. The number of nitrogens with zero attached hydrogens (tertiary/aromatic N) is 5. The molecule has 2 aliphatic rings. The second-order valence-electron chi connectivity index (χ2n) is 8.90. The van der Waals surface area contributed by atoms with E-state index in [9.17, 15) is 22.8 Å². The summed E-state index contributed by atoms with van der Waals surface area (Å²) >= 11 is 0. The Hall–Kier alpha value is -4.35. The third-order valence-electron chi connectivity index (χ3n) is 6.42. The summed E-state index contributed by atoms with van der Waals surface area (Å²) in [4.78, 5) is 32.9. The summed E-state index contributed by atoms with van der Waals surface area (Å²) in [6.07, 6.45) is -3.89. The highest BCUT2D eigenvalue weighted by atomic mass is 19.4. The van der Waals surface area contributed by atoms with Gasteiger partial charge in [-0.15, -0.1) is 0 Å². The standard InChI is InChI=1S/C26H25F3N6O3/c1-16(36)31-25-30-13-3-14-34(25)18-6-4-17(5-7-18)33-15-12-21-22(24(33)37)35(32-23(21)26(27,28)29)19-8-10-20(38-2)11-9-19/h4-11H,3,12-15H2,1-2H3,(H,30,31,36). The van der Waals surface area contributed by atoms with Crippen LogP contribution >= 0.6 is 0 Å². The lowest BCUT2D eigenvalue weighted by molar-refractivity contribution is -0.142. The molecular formula is C26H25F3N6O3. The van der Waals surface area contributed by atoms with Gasteiger partial charge in [0.2, 0.25) is 11.9 Å². The molecule has 5 rings (SSSR count). The van der Waals surface area contributed by atoms with Crippen LogP contribution in [0.5, 0.6) is 5.75 Å². The van der Waals surface area contributed by atoms with Crippen LogP contribution in [-0.4, -0.2) is 54.3 Å². The molecule has 2 amide bonds. The summed E-state index contributed by atoms with van der Waals surface area (Å²) in [7, 11) is 1.48. The maximum absolute atomic E-state index is 13.8. The Morgan fingerprint density at radius 2 is 1.61 bits per heavy atom. The van der Waals surface area contributed by atoms with E-state index in [1.807, 2.05) is 4.90 Å². The molecular weight excluding hydrogens is 501 g/mol. The third kappa shape index (κ3) is 4.69. The molecule has 2 aromatic carbocycles. The molecule has 38 heavy (non-hydrogen) atoms. The number of methoxy groups -OCH3 is 1. The molecule has 1 aromatic heterocycles. The predicted molar refractivity (Wildman–Crippen MR) is 135 cm³/mol. The smallest absolute Gasteiger partial charge is 0.435 e. The van der Waals surface area contributed by atoms with E-state index in [4.69, 9.17) is 4.74 Å². The molecule has 0 saturated heterocycles. The van der Waals surface area contributed by atoms with E-state index in [0.717, 1.165) is 16.8 Å². The molecule has 1 N–H and O–H groups in total. The van der Waals surface area contributed by atoms with Crippen molar-refractivity contribution in [3.05, 3.63) is 65.5 Å². The Balaban J connectivity index is 1.48. The highest BCUT2D eigenvalue weighted by Crippen LogP contribution is 2.37. The van der Waals surface area contributed by atoms with Crippen LogP contribution in [0.2, 0.25) is 0 Å². The fourth-order valence-electron chi connectivity index (χ4n) is 4.68. The van der Waals surface area contributed by atoms with Crippen LogP contribution in [0.4, 0.5) is 24.5 Å². The summed E-state index contributed by atoms with van der Waals surface area (Å²) in [5.41, 5.74) is 0.341. The van der Waals surface area contributed by atoms with Crippen LogP contribution in [0.15, 0.2) is 53.5 Å². The second kappa shape index (κ2) is 9.84. The predicted octanol–water partition coefficient (Wildman–Crippen LogP) is 3.80. The van der Waals surface area contributed by atoms with E-state index in [1.165, 1.54) is 18.9 Å². The molecule has 0 aliphatic carbocycles. The van der Waals surface area contributed by atoms with Crippen LogP contribution in [0.3, 0.4) is 0 Å². The molecule has 3 heterocycles. The molecule has 0 saturated carbocycles. The highest BCUT2D eigenvalue weighted by molar-refractivity contribution is 6.08. The molecule has 0 spiro atoms. The van der Waals surface area contributed by atoms with Crippen LogP contribution in [0.25, 0.3) is 5.69 Å². The average molecular weight is 527 g/mol. The Labute approximate surface area is 216 Å². The molecule has 2 aliphatic heterocycles. The fraction of sp³-hybridized carbons (Fsp3) is 0.308. The third-order valence-corrected chi connectivity index (χ3v) is 6.42. The number of carbonyl (C=O) groups excluding carboxylic acids is 2. The van der Waals surface area contributed by atoms with Gasteiger partial charge in [0.25, 0.3) is 5.91 Å². The zero-order chi connectivity index (χ0) is 27.0. The van der Waals surface area contributed by atoms with E-state index in [0.29, 0.717) is 36.2 Å². The zero-order valence-corrected chi connectivity index (χ0v) is 20.7. The quantitative estimate of drug-likeness (QED) is 0.559. The number of aliphatic imine (C=N–C) groups is 1. The largest absolute Gasteiger partial charge is 0.497 e. The Bertz CT molecular complexity index is 1400. The van der Waals surface area contributed by atoms with E-state index >= 15 is 0 Å². The number of hydrogen-bond donors (Lipinski definition) is 1. The van der Waals surface area contributed by atoms with Crippen molar-refractivity contribution < 1.29 is 27.5 Å². The van der Waals surface area contributed by atoms with Crippen molar-refractivity contribution in [1.29, 1.82) is 0 Å². The number of carbonyl (C=O) groups is 2. The lowest BCUT2D eigenvalue weighted by atomic mass is 10.0. The van der Waals surface area contributed by atoms with Gasteiger partial charge >= 0.3 is 6.18 Å². The minimum absolute atomic E-state index is 0.000709. The van der Waals surface area contributed by atoms with Gasteiger partial charge in [-0.1, -0.05) is 0 Å². The van der Waals surface area contributed by atoms with Gasteiger partial charge in [0.15, 0.2) is 5.69 Å². The van der Waals surface area contributed by atoms with E-state index < -0.39 is 17.8 Å². The summed E-state index contributed by atoms with van der Waals surface area (Å²) in [6.45, 7) is 2.75. The van der Waals surface area contributed by atoms with Gasteiger partial charge in [-0.25, -0.2) is 4.68 Å². The molecule has 0 radical (unpaired) electrons. The summed E-state index contributed by atoms with van der Waals surface area (Å²) < 4.78 is 47.7. The summed E-state index contributed by atoms with van der Waals surface area (Å²) in [6, 6.07) is 13.4. The molecule has 0 atom stereocenters. The molecule has 0 unspecified atom stereocenters. The van der Waals surface area contributed by atoms with Gasteiger partial charge in [0.05, 0.1) is 12.8 Å². The number of guanidine groups is 1. The van der Waals surface area contributed by atoms with Crippen molar-refractivity contribution in [3.63, 3.8) is 0 Å². The Kier molecular flexibility index (Phi) is 6.55. The maximum atomic E-state index is 13.8. The van der Waals surface area contributed by atoms with Crippen molar-refractivity contribution in [2.24, 2.45) is 4.99 Å². The molecule has 9 nitrogen and oxygen atoms in total. The number of halogens is 3. The molecule has 3 aromatic rings. The number of ether oxygens (including phenoxy) is 1. The number of nitrogens with one attached hydrogen (secondary N) is 1. The Morgan fingerprint density at radius 3 is 2.21 bits per heavy atom. The second-order valence-corrected chi connectivity index (χ2v) is 8.90. The minimum atomic E-state index is -4.70. The van der Waals surface area contributed by atoms with Crippen molar-refractivity contribution in [2.75, 3.05) is 36.5 Å². The molecule has 12 heteroatoms. The molecule has 0 bridgehead atoms. The number of rotatable bonds is 4. The Morgan fingerprint density at radius 1 is 0.974 bits per heavy atom. The lowest BCUT2D eigenvalue weighted by Gasteiger charge is -2.31. The van der Waals surface area contributed by atoms with Gasteiger partial charge in [-0.2, -0.15) is 18.3 Å². The number of hydrogen-bond acceptors (Lipinski definition) is 6. The monoisotopic (exact) mass is 526 g/mol. The van der Waals surface area contributed by atoms with Gasteiger partial charge in [0, 0.05) is 43.5 Å². The van der Waals surface area contributed by atoms with Gasteiger partial charge < -0.3 is 14.5 Å². The van der Waals surface area contributed by atoms with Crippen LogP contribution in [0.1, 0.15) is 35.1 Å². The fourth-order valence-corrected chi connectivity index (χ4v) is 4.68.